The van der Waals surface area contributed by atoms with E-state index in [0.717, 1.165) is 46.9 Å². The fourth-order valence-corrected chi connectivity index (χ4v) is 6.53. The second kappa shape index (κ2) is 9.64. The van der Waals surface area contributed by atoms with Crippen LogP contribution in [0.15, 0.2) is 61.3 Å². The van der Waals surface area contributed by atoms with Crippen LogP contribution in [0.2, 0.25) is 0 Å². The fourth-order valence-electron chi connectivity index (χ4n) is 6.53. The van der Waals surface area contributed by atoms with Crippen molar-refractivity contribution in [2.75, 3.05) is 24.5 Å². The van der Waals surface area contributed by atoms with Crippen molar-refractivity contribution in [1.82, 2.24) is 34.3 Å². The molecule has 3 saturated carbocycles. The molecule has 0 aromatic carbocycles. The topological polar surface area (TPSA) is 93.7 Å². The molecule has 4 aliphatic rings. The third kappa shape index (κ3) is 5.23. The Morgan fingerprint density at radius 3 is 2.62 bits per heavy atom. The summed E-state index contributed by atoms with van der Waals surface area (Å²) in [4.78, 5) is 26.2. The van der Waals surface area contributed by atoms with Gasteiger partial charge in [0.15, 0.2) is 0 Å². The first kappa shape index (κ1) is 26.6. The van der Waals surface area contributed by atoms with Crippen molar-refractivity contribution in [2.24, 2.45) is 5.41 Å². The number of pyridine rings is 2. The number of carbonyl (C=O) groups excluding carboxylic acids is 1. The van der Waals surface area contributed by atoms with Crippen molar-refractivity contribution in [1.29, 1.82) is 0 Å². The summed E-state index contributed by atoms with van der Waals surface area (Å²) in [6, 6.07) is 6.01. The molecule has 10 nitrogen and oxygen atoms in total. The van der Waals surface area contributed by atoms with Gasteiger partial charge in [-0.05, 0) is 63.1 Å². The number of ether oxygens (including phenoxy) is 1. The van der Waals surface area contributed by atoms with Crippen LogP contribution in [0.25, 0.3) is 16.9 Å². The largest absolute Gasteiger partial charge is 0.444 e. The molecule has 8 rings (SSSR count). The van der Waals surface area contributed by atoms with Crippen molar-refractivity contribution in [3.63, 3.8) is 0 Å². The SMILES string of the molecule is CC(C)(C)OC(=O)N(Cc1ccc2nc(Cn3cc(-c4cncc(N5CC=CC5)c4)nn3)cn2c1)CC12CC(F)(C1)C2. The predicted molar refractivity (Wildman–Crippen MR) is 156 cm³/mol. The van der Waals surface area contributed by atoms with Crippen LogP contribution >= 0.6 is 0 Å². The fraction of sp³-hybridized carbons (Fsp3) is 0.452. The molecule has 1 amide bonds. The summed E-state index contributed by atoms with van der Waals surface area (Å²) in [6.07, 6.45) is 15.1. The Hall–Kier alpha value is -4.28. The smallest absolute Gasteiger partial charge is 0.410 e. The van der Waals surface area contributed by atoms with Crippen LogP contribution < -0.4 is 4.90 Å². The normalized spacial score (nSPS) is 22.7. The number of anilines is 1. The van der Waals surface area contributed by atoms with Crippen LogP contribution in [0.3, 0.4) is 0 Å². The van der Waals surface area contributed by atoms with Gasteiger partial charge in [0.05, 0.1) is 36.9 Å². The average Bonchev–Trinajstić information content (AvgIpc) is 3.67. The quantitative estimate of drug-likeness (QED) is 0.274. The summed E-state index contributed by atoms with van der Waals surface area (Å²) in [5.74, 6) is 0. The second-order valence-electron chi connectivity index (χ2n) is 13.2. The molecule has 0 atom stereocenters. The minimum Gasteiger partial charge on any atom is -0.444 e. The number of imidazole rings is 1. The molecule has 0 N–H and O–H groups in total. The first-order valence-corrected chi connectivity index (χ1v) is 14.4. The number of carbonyl (C=O) groups is 1. The van der Waals surface area contributed by atoms with Crippen molar-refractivity contribution in [3.8, 4) is 11.3 Å². The molecule has 11 heteroatoms. The first-order chi connectivity index (χ1) is 20.0. The Balaban J connectivity index is 1.05. The van der Waals surface area contributed by atoms with Crippen LogP contribution in [0.1, 0.15) is 51.3 Å². The van der Waals surface area contributed by atoms with Crippen LogP contribution in [0, 0.1) is 5.41 Å². The van der Waals surface area contributed by atoms with E-state index in [1.807, 2.05) is 62.1 Å². The lowest BCUT2D eigenvalue weighted by atomic mass is 9.42. The summed E-state index contributed by atoms with van der Waals surface area (Å²) in [7, 11) is 0. The number of halogens is 1. The molecule has 0 unspecified atom stereocenters. The molecule has 0 saturated heterocycles. The molecule has 3 aliphatic carbocycles. The zero-order chi connectivity index (χ0) is 29.1. The van der Waals surface area contributed by atoms with E-state index in [4.69, 9.17) is 9.72 Å². The van der Waals surface area contributed by atoms with Gasteiger partial charge in [0.25, 0.3) is 0 Å². The number of alkyl halides is 1. The summed E-state index contributed by atoms with van der Waals surface area (Å²) in [5, 5.41) is 8.70. The van der Waals surface area contributed by atoms with E-state index in [0.29, 0.717) is 38.9 Å². The van der Waals surface area contributed by atoms with E-state index in [-0.39, 0.29) is 11.5 Å². The van der Waals surface area contributed by atoms with E-state index in [9.17, 15) is 9.18 Å². The molecule has 2 bridgehead atoms. The highest BCUT2D eigenvalue weighted by atomic mass is 19.1. The molecule has 42 heavy (non-hydrogen) atoms. The van der Waals surface area contributed by atoms with Gasteiger partial charge in [0.2, 0.25) is 0 Å². The Bertz CT molecular complexity index is 1660. The molecular weight excluding hydrogens is 535 g/mol. The van der Waals surface area contributed by atoms with Crippen LogP contribution in [0.4, 0.5) is 14.9 Å². The van der Waals surface area contributed by atoms with Gasteiger partial charge in [-0.25, -0.2) is 18.9 Å². The van der Waals surface area contributed by atoms with E-state index >= 15 is 0 Å². The number of nitrogens with zero attached hydrogens (tertiary/aromatic N) is 8. The molecule has 218 valence electrons. The minimum absolute atomic E-state index is 0.114. The van der Waals surface area contributed by atoms with Crippen molar-refractivity contribution >= 4 is 17.4 Å². The Morgan fingerprint density at radius 1 is 1.10 bits per heavy atom. The standard InChI is InChI=1S/C31H35FN8O2/c1-29(2,3)42-28(41)39(21-30-18-31(32,19-30)20-30)14-22-6-7-27-34-24(15-38(27)13-22)16-40-17-26(35-36-40)23-10-25(12-33-11-23)37-8-4-5-9-37/h4-7,10-13,15,17H,8-9,14,16,18-21H2,1-3H3. The molecule has 0 spiro atoms. The van der Waals surface area contributed by atoms with E-state index < -0.39 is 11.3 Å². The molecule has 4 aromatic rings. The van der Waals surface area contributed by atoms with Gasteiger partial charge in [0.1, 0.15) is 22.6 Å². The minimum atomic E-state index is -1.01. The lowest BCUT2D eigenvalue weighted by Gasteiger charge is -2.66. The first-order valence-electron chi connectivity index (χ1n) is 14.4. The molecule has 0 radical (unpaired) electrons. The summed E-state index contributed by atoms with van der Waals surface area (Å²) < 4.78 is 23.6. The van der Waals surface area contributed by atoms with Gasteiger partial charge in [-0.1, -0.05) is 23.4 Å². The lowest BCUT2D eigenvalue weighted by Crippen LogP contribution is -2.68. The molecule has 4 aromatic heterocycles. The maximum atomic E-state index is 14.2. The Labute approximate surface area is 243 Å². The van der Waals surface area contributed by atoms with Crippen LogP contribution in [0.5, 0.6) is 0 Å². The number of rotatable bonds is 8. The van der Waals surface area contributed by atoms with E-state index in [2.05, 4.69) is 38.4 Å². The average molecular weight is 571 g/mol. The van der Waals surface area contributed by atoms with Crippen LogP contribution in [-0.2, 0) is 17.8 Å². The zero-order valence-corrected chi connectivity index (χ0v) is 24.2. The predicted octanol–water partition coefficient (Wildman–Crippen LogP) is 5.04. The van der Waals surface area contributed by atoms with Crippen molar-refractivity contribution in [3.05, 3.63) is 72.6 Å². The van der Waals surface area contributed by atoms with Gasteiger partial charge in [-0.15, -0.1) is 5.10 Å². The molecule has 1 aliphatic heterocycles. The van der Waals surface area contributed by atoms with Gasteiger partial charge in [0, 0.05) is 43.8 Å². The lowest BCUT2D eigenvalue weighted by molar-refractivity contribution is -0.220. The maximum absolute atomic E-state index is 14.2. The molecular formula is C31H35FN8O2. The maximum Gasteiger partial charge on any atom is 0.410 e. The third-order valence-corrected chi connectivity index (χ3v) is 8.25. The second-order valence-corrected chi connectivity index (χ2v) is 13.2. The summed E-state index contributed by atoms with van der Waals surface area (Å²) in [6.45, 7) is 8.69. The molecule has 5 heterocycles. The number of amides is 1. The number of hydrogen-bond donors (Lipinski definition) is 0. The summed E-state index contributed by atoms with van der Waals surface area (Å²) in [5.41, 5.74) is 3.59. The third-order valence-electron chi connectivity index (χ3n) is 8.25. The number of hydrogen-bond acceptors (Lipinski definition) is 7. The van der Waals surface area contributed by atoms with Crippen LogP contribution in [-0.4, -0.2) is 71.3 Å². The van der Waals surface area contributed by atoms with Gasteiger partial charge in [-0.2, -0.15) is 0 Å². The Kier molecular flexibility index (Phi) is 6.11. The van der Waals surface area contributed by atoms with Gasteiger partial charge >= 0.3 is 6.09 Å². The highest BCUT2D eigenvalue weighted by Gasteiger charge is 2.69. The Morgan fingerprint density at radius 2 is 1.88 bits per heavy atom. The van der Waals surface area contributed by atoms with Crippen molar-refractivity contribution < 1.29 is 13.9 Å². The highest BCUT2D eigenvalue weighted by Crippen LogP contribution is 2.69. The van der Waals surface area contributed by atoms with Gasteiger partial charge in [-0.3, -0.25) is 4.98 Å². The van der Waals surface area contributed by atoms with Crippen molar-refractivity contribution in [2.45, 2.75) is 64.4 Å². The molecule has 3 fully saturated rings. The van der Waals surface area contributed by atoms with E-state index in [1.165, 1.54) is 0 Å². The van der Waals surface area contributed by atoms with Gasteiger partial charge < -0.3 is 18.9 Å². The zero-order valence-electron chi connectivity index (χ0n) is 24.2. The highest BCUT2D eigenvalue weighted by molar-refractivity contribution is 5.68. The number of fused-ring (bicyclic) bond motifs is 1. The summed E-state index contributed by atoms with van der Waals surface area (Å²) >= 11 is 0. The van der Waals surface area contributed by atoms with E-state index in [1.54, 1.807) is 15.8 Å². The monoisotopic (exact) mass is 570 g/mol. The number of aromatic nitrogens is 6.